The van der Waals surface area contributed by atoms with E-state index in [1.54, 1.807) is 0 Å². The Morgan fingerprint density at radius 2 is 1.90 bits per heavy atom. The Labute approximate surface area is 121 Å². The van der Waals surface area contributed by atoms with Crippen LogP contribution in [0.4, 0.5) is 0 Å². The van der Waals surface area contributed by atoms with Gasteiger partial charge in [0.15, 0.2) is 0 Å². The van der Waals surface area contributed by atoms with Crippen molar-refractivity contribution < 1.29 is 13.2 Å². The summed E-state index contributed by atoms with van der Waals surface area (Å²) in [5.74, 6) is 0.277. The van der Waals surface area contributed by atoms with Gasteiger partial charge < -0.3 is 10.6 Å². The fraction of sp³-hybridized carbons (Fsp3) is 0.923. The summed E-state index contributed by atoms with van der Waals surface area (Å²) in [6, 6.07) is -0.433. The first-order valence-corrected chi connectivity index (χ1v) is 9.16. The van der Waals surface area contributed by atoms with Crippen LogP contribution in [0.5, 0.6) is 0 Å². The zero-order valence-corrected chi connectivity index (χ0v) is 13.1. The van der Waals surface area contributed by atoms with E-state index in [9.17, 15) is 13.2 Å². The maximum atomic E-state index is 12.6. The van der Waals surface area contributed by atoms with E-state index >= 15 is 0 Å². The van der Waals surface area contributed by atoms with Crippen molar-refractivity contribution in [3.05, 3.63) is 0 Å². The van der Waals surface area contributed by atoms with Crippen LogP contribution in [0.3, 0.4) is 0 Å². The molecule has 2 heterocycles. The van der Waals surface area contributed by atoms with Crippen molar-refractivity contribution >= 4 is 15.9 Å². The van der Waals surface area contributed by atoms with Crippen LogP contribution in [0.2, 0.25) is 0 Å². The minimum absolute atomic E-state index is 0.0433. The molecular weight excluding hydrogens is 278 g/mol. The van der Waals surface area contributed by atoms with Crippen LogP contribution < -0.4 is 5.73 Å². The molecule has 0 radical (unpaired) electrons. The molecule has 2 fully saturated rings. The molecule has 2 rings (SSSR count). The van der Waals surface area contributed by atoms with Gasteiger partial charge in [-0.1, -0.05) is 0 Å². The summed E-state index contributed by atoms with van der Waals surface area (Å²) in [5, 5.41) is 0. The Hall–Kier alpha value is -0.660. The highest BCUT2D eigenvalue weighted by Crippen LogP contribution is 2.25. The van der Waals surface area contributed by atoms with E-state index in [1.165, 1.54) is 10.6 Å². The second-order valence-corrected chi connectivity index (χ2v) is 8.01. The lowest BCUT2D eigenvalue weighted by molar-refractivity contribution is -0.136. The third-order valence-corrected chi connectivity index (χ3v) is 5.72. The van der Waals surface area contributed by atoms with Crippen molar-refractivity contribution in [1.82, 2.24) is 9.21 Å². The normalized spacial score (nSPS) is 30.4. The number of likely N-dealkylation sites (tertiary alicyclic amines) is 1. The lowest BCUT2D eigenvalue weighted by Gasteiger charge is -2.37. The molecule has 0 saturated carbocycles. The third-order valence-electron chi connectivity index (χ3n) is 4.43. The number of piperidine rings is 1. The Kier molecular flexibility index (Phi) is 4.71. The van der Waals surface area contributed by atoms with Gasteiger partial charge in [-0.2, -0.15) is 4.31 Å². The Bertz CT molecular complexity index is 463. The molecule has 2 aliphatic rings. The van der Waals surface area contributed by atoms with E-state index < -0.39 is 16.1 Å². The number of amides is 1. The number of hydrogen-bond donors (Lipinski definition) is 1. The molecule has 2 N–H and O–H groups in total. The monoisotopic (exact) mass is 303 g/mol. The summed E-state index contributed by atoms with van der Waals surface area (Å²) in [7, 11) is -3.30. The molecule has 7 heteroatoms. The average Bonchev–Trinajstić information content (AvgIpc) is 2.87. The van der Waals surface area contributed by atoms with E-state index in [1.807, 2.05) is 11.8 Å². The highest BCUT2D eigenvalue weighted by Gasteiger charge is 2.39. The van der Waals surface area contributed by atoms with Gasteiger partial charge in [-0.25, -0.2) is 8.42 Å². The molecule has 2 saturated heterocycles. The van der Waals surface area contributed by atoms with Crippen LogP contribution in [0.15, 0.2) is 0 Å². The average molecular weight is 303 g/mol. The molecule has 3 atom stereocenters. The maximum absolute atomic E-state index is 12.6. The molecule has 116 valence electrons. The lowest BCUT2D eigenvalue weighted by atomic mass is 9.92. The first-order valence-electron chi connectivity index (χ1n) is 7.32. The van der Waals surface area contributed by atoms with Crippen molar-refractivity contribution in [2.24, 2.45) is 11.7 Å². The minimum Gasteiger partial charge on any atom is -0.341 e. The summed E-state index contributed by atoms with van der Waals surface area (Å²) in [6.45, 7) is 3.80. The number of carbonyl (C=O) groups excluding carboxylic acids is 1. The lowest BCUT2D eigenvalue weighted by Crippen LogP contribution is -2.52. The van der Waals surface area contributed by atoms with Gasteiger partial charge in [0.05, 0.1) is 6.26 Å². The fourth-order valence-electron chi connectivity index (χ4n) is 3.23. The molecule has 2 aliphatic heterocycles. The standard InChI is InChI=1S/C13H25N3O3S/c1-10(14)11-5-3-7-15(9-11)13(17)12-6-4-8-16(12)20(2,18)19/h10-12H,3-9,14H2,1-2H3/t10-,11-,12-/m0/s1. The molecule has 20 heavy (non-hydrogen) atoms. The first kappa shape index (κ1) is 15.7. The van der Waals surface area contributed by atoms with Crippen molar-refractivity contribution in [3.8, 4) is 0 Å². The van der Waals surface area contributed by atoms with Crippen LogP contribution in [0, 0.1) is 5.92 Å². The van der Waals surface area contributed by atoms with E-state index in [0.717, 1.165) is 25.8 Å². The summed E-state index contributed by atoms with van der Waals surface area (Å²) < 4.78 is 24.8. The van der Waals surface area contributed by atoms with Crippen LogP contribution in [0.1, 0.15) is 32.6 Å². The van der Waals surface area contributed by atoms with Crippen molar-refractivity contribution in [1.29, 1.82) is 0 Å². The minimum atomic E-state index is -3.30. The van der Waals surface area contributed by atoms with Gasteiger partial charge in [0, 0.05) is 25.7 Å². The molecule has 0 aromatic heterocycles. The Balaban J connectivity index is 2.07. The smallest absolute Gasteiger partial charge is 0.241 e. The maximum Gasteiger partial charge on any atom is 0.241 e. The van der Waals surface area contributed by atoms with Crippen LogP contribution in [-0.4, -0.2) is 61.5 Å². The number of sulfonamides is 1. The molecule has 0 spiro atoms. The van der Waals surface area contributed by atoms with Crippen LogP contribution in [-0.2, 0) is 14.8 Å². The Morgan fingerprint density at radius 1 is 1.25 bits per heavy atom. The molecule has 0 aromatic rings. The molecular formula is C13H25N3O3S. The number of rotatable bonds is 3. The van der Waals surface area contributed by atoms with Crippen LogP contribution >= 0.6 is 0 Å². The van der Waals surface area contributed by atoms with Crippen molar-refractivity contribution in [2.75, 3.05) is 25.9 Å². The summed E-state index contributed by atoms with van der Waals surface area (Å²) in [5.41, 5.74) is 5.94. The predicted octanol–water partition coefficient (Wildman–Crippen LogP) is -0.00380. The van der Waals surface area contributed by atoms with E-state index in [2.05, 4.69) is 0 Å². The third kappa shape index (κ3) is 3.32. The highest BCUT2D eigenvalue weighted by molar-refractivity contribution is 7.88. The number of nitrogens with two attached hydrogens (primary N) is 1. The van der Waals surface area contributed by atoms with E-state index in [-0.39, 0.29) is 11.9 Å². The second kappa shape index (κ2) is 5.99. The SMILES string of the molecule is C[C@H](N)[C@H]1CCCN(C(=O)[C@@H]2CCCN2S(C)(=O)=O)C1. The molecule has 0 aliphatic carbocycles. The summed E-state index contributed by atoms with van der Waals surface area (Å²) >= 11 is 0. The quantitative estimate of drug-likeness (QED) is 0.795. The van der Waals surface area contributed by atoms with Gasteiger partial charge in [-0.15, -0.1) is 0 Å². The summed E-state index contributed by atoms with van der Waals surface area (Å²) in [6.07, 6.45) is 4.56. The van der Waals surface area contributed by atoms with E-state index in [4.69, 9.17) is 5.73 Å². The number of carbonyl (C=O) groups is 1. The molecule has 0 bridgehead atoms. The van der Waals surface area contributed by atoms with Crippen molar-refractivity contribution in [3.63, 3.8) is 0 Å². The second-order valence-electron chi connectivity index (χ2n) is 6.08. The highest BCUT2D eigenvalue weighted by atomic mass is 32.2. The predicted molar refractivity (Wildman–Crippen MR) is 77.5 cm³/mol. The number of hydrogen-bond acceptors (Lipinski definition) is 4. The largest absolute Gasteiger partial charge is 0.341 e. The van der Waals surface area contributed by atoms with Gasteiger partial charge in [0.25, 0.3) is 0 Å². The van der Waals surface area contributed by atoms with Gasteiger partial charge in [-0.05, 0) is 38.5 Å². The van der Waals surface area contributed by atoms with Crippen molar-refractivity contribution in [2.45, 2.75) is 44.7 Å². The molecule has 1 amide bonds. The Morgan fingerprint density at radius 3 is 2.50 bits per heavy atom. The first-order chi connectivity index (χ1) is 9.30. The van der Waals surface area contributed by atoms with Gasteiger partial charge in [0.2, 0.25) is 15.9 Å². The summed E-state index contributed by atoms with van der Waals surface area (Å²) in [4.78, 5) is 14.4. The number of nitrogens with zero attached hydrogens (tertiary/aromatic N) is 2. The zero-order valence-electron chi connectivity index (χ0n) is 12.3. The van der Waals surface area contributed by atoms with Crippen LogP contribution in [0.25, 0.3) is 0 Å². The fourth-order valence-corrected chi connectivity index (χ4v) is 4.35. The molecule has 0 unspecified atom stereocenters. The topological polar surface area (TPSA) is 83.7 Å². The zero-order chi connectivity index (χ0) is 14.9. The van der Waals surface area contributed by atoms with E-state index in [0.29, 0.717) is 25.4 Å². The van der Waals surface area contributed by atoms with Gasteiger partial charge in [0.1, 0.15) is 6.04 Å². The van der Waals surface area contributed by atoms with Gasteiger partial charge >= 0.3 is 0 Å². The van der Waals surface area contributed by atoms with Gasteiger partial charge in [-0.3, -0.25) is 4.79 Å². The molecule has 0 aromatic carbocycles. The molecule has 6 nitrogen and oxygen atoms in total.